The standard InChI is InChI=1S/C13H14O3/c1-3-16-13(14)6-4-5-11-7-9-12(15-2)10-8-11/h7-10H,3,6H2,1-2H3. The maximum atomic E-state index is 11.0. The lowest BCUT2D eigenvalue weighted by atomic mass is 10.2. The third kappa shape index (κ3) is 4.05. The molecule has 0 aromatic heterocycles. The monoisotopic (exact) mass is 218 g/mol. The number of methoxy groups -OCH3 is 1. The molecule has 0 amide bonds. The summed E-state index contributed by atoms with van der Waals surface area (Å²) < 4.78 is 9.78. The van der Waals surface area contributed by atoms with Gasteiger partial charge in [0.15, 0.2) is 0 Å². The number of rotatable bonds is 3. The van der Waals surface area contributed by atoms with Crippen molar-refractivity contribution in [1.29, 1.82) is 0 Å². The van der Waals surface area contributed by atoms with Crippen LogP contribution in [0.5, 0.6) is 5.75 Å². The number of ether oxygens (including phenoxy) is 2. The fraction of sp³-hybridized carbons (Fsp3) is 0.308. The molecule has 84 valence electrons. The van der Waals surface area contributed by atoms with Crippen LogP contribution in [0.4, 0.5) is 0 Å². The highest BCUT2D eigenvalue weighted by molar-refractivity contribution is 5.72. The number of hydrogen-bond donors (Lipinski definition) is 0. The van der Waals surface area contributed by atoms with Gasteiger partial charge in [0.25, 0.3) is 0 Å². The van der Waals surface area contributed by atoms with Crippen molar-refractivity contribution >= 4 is 5.97 Å². The number of carbonyl (C=O) groups is 1. The molecule has 0 bridgehead atoms. The third-order valence-corrected chi connectivity index (χ3v) is 1.86. The van der Waals surface area contributed by atoms with Gasteiger partial charge in [0.2, 0.25) is 0 Å². The van der Waals surface area contributed by atoms with Crippen molar-refractivity contribution in [2.24, 2.45) is 0 Å². The highest BCUT2D eigenvalue weighted by Crippen LogP contribution is 2.10. The van der Waals surface area contributed by atoms with Crippen LogP contribution in [0.25, 0.3) is 0 Å². The van der Waals surface area contributed by atoms with E-state index in [0.29, 0.717) is 6.61 Å². The van der Waals surface area contributed by atoms with Gasteiger partial charge >= 0.3 is 5.97 Å². The predicted molar refractivity (Wildman–Crippen MR) is 61.1 cm³/mol. The first-order valence-electron chi connectivity index (χ1n) is 5.04. The molecule has 16 heavy (non-hydrogen) atoms. The van der Waals surface area contributed by atoms with Crippen LogP contribution in [0.1, 0.15) is 18.9 Å². The fourth-order valence-electron chi connectivity index (χ4n) is 1.10. The highest BCUT2D eigenvalue weighted by atomic mass is 16.5. The van der Waals surface area contributed by atoms with Crippen molar-refractivity contribution in [3.05, 3.63) is 29.8 Å². The van der Waals surface area contributed by atoms with Gasteiger partial charge in [0.1, 0.15) is 12.2 Å². The summed E-state index contributed by atoms with van der Waals surface area (Å²) >= 11 is 0. The van der Waals surface area contributed by atoms with E-state index in [1.165, 1.54) is 0 Å². The minimum Gasteiger partial charge on any atom is -0.497 e. The molecule has 3 nitrogen and oxygen atoms in total. The van der Waals surface area contributed by atoms with E-state index in [9.17, 15) is 4.79 Å². The molecule has 0 saturated heterocycles. The van der Waals surface area contributed by atoms with Crippen LogP contribution in [-0.4, -0.2) is 19.7 Å². The molecule has 0 aliphatic rings. The largest absolute Gasteiger partial charge is 0.497 e. The lowest BCUT2D eigenvalue weighted by molar-refractivity contribution is -0.141. The van der Waals surface area contributed by atoms with Gasteiger partial charge in [0.05, 0.1) is 13.7 Å². The molecule has 1 rings (SSSR count). The van der Waals surface area contributed by atoms with Crippen molar-refractivity contribution in [2.75, 3.05) is 13.7 Å². The Bertz CT molecular complexity index is 395. The summed E-state index contributed by atoms with van der Waals surface area (Å²) in [6.07, 6.45) is 0.125. The van der Waals surface area contributed by atoms with E-state index < -0.39 is 0 Å². The summed E-state index contributed by atoms with van der Waals surface area (Å²) in [5.41, 5.74) is 0.852. The van der Waals surface area contributed by atoms with Gasteiger partial charge in [-0.25, -0.2) is 0 Å². The first-order valence-corrected chi connectivity index (χ1v) is 5.04. The van der Waals surface area contributed by atoms with E-state index in [4.69, 9.17) is 9.47 Å². The molecule has 0 radical (unpaired) electrons. The van der Waals surface area contributed by atoms with Crippen molar-refractivity contribution < 1.29 is 14.3 Å². The van der Waals surface area contributed by atoms with E-state index >= 15 is 0 Å². The maximum absolute atomic E-state index is 11.0. The maximum Gasteiger partial charge on any atom is 0.317 e. The molecule has 0 fully saturated rings. The van der Waals surface area contributed by atoms with Gasteiger partial charge in [-0.05, 0) is 31.2 Å². The van der Waals surface area contributed by atoms with Crippen molar-refractivity contribution in [3.8, 4) is 17.6 Å². The van der Waals surface area contributed by atoms with Gasteiger partial charge in [0, 0.05) is 5.56 Å². The van der Waals surface area contributed by atoms with Crippen LogP contribution in [0.3, 0.4) is 0 Å². The molecule has 0 atom stereocenters. The summed E-state index contributed by atoms with van der Waals surface area (Å²) in [7, 11) is 1.61. The molecule has 1 aromatic carbocycles. The van der Waals surface area contributed by atoms with Crippen LogP contribution in [0.2, 0.25) is 0 Å². The van der Waals surface area contributed by atoms with Gasteiger partial charge < -0.3 is 9.47 Å². The Morgan fingerprint density at radius 3 is 2.56 bits per heavy atom. The molecule has 0 aliphatic heterocycles. The predicted octanol–water partition coefficient (Wildman–Crippen LogP) is 2.00. The second kappa shape index (κ2) is 6.52. The van der Waals surface area contributed by atoms with E-state index in [-0.39, 0.29) is 12.4 Å². The Hall–Kier alpha value is -1.95. The summed E-state index contributed by atoms with van der Waals surface area (Å²) in [5, 5.41) is 0. The zero-order valence-electron chi connectivity index (χ0n) is 9.45. The number of carbonyl (C=O) groups excluding carboxylic acids is 1. The second-order valence-electron chi connectivity index (χ2n) is 3.01. The molecule has 0 saturated carbocycles. The number of hydrogen-bond acceptors (Lipinski definition) is 3. The van der Waals surface area contributed by atoms with Crippen LogP contribution in [0, 0.1) is 11.8 Å². The summed E-state index contributed by atoms with van der Waals surface area (Å²) in [4.78, 5) is 11.0. The Kier molecular flexibility index (Phi) is 4.94. The summed E-state index contributed by atoms with van der Waals surface area (Å²) in [6.45, 7) is 2.16. The first-order chi connectivity index (χ1) is 7.76. The molecule has 1 aromatic rings. The number of benzene rings is 1. The summed E-state index contributed by atoms with van der Waals surface area (Å²) in [6, 6.07) is 7.34. The van der Waals surface area contributed by atoms with Crippen LogP contribution in [0.15, 0.2) is 24.3 Å². The molecule has 0 N–H and O–H groups in total. The molecular weight excluding hydrogens is 204 g/mol. The van der Waals surface area contributed by atoms with Crippen LogP contribution in [-0.2, 0) is 9.53 Å². The Balaban J connectivity index is 2.53. The lowest BCUT2D eigenvalue weighted by Crippen LogP contribution is -2.01. The minimum absolute atomic E-state index is 0.125. The zero-order valence-corrected chi connectivity index (χ0v) is 9.45. The zero-order chi connectivity index (χ0) is 11.8. The van der Waals surface area contributed by atoms with Gasteiger partial charge in [-0.15, -0.1) is 0 Å². The molecular formula is C13H14O3. The van der Waals surface area contributed by atoms with Crippen molar-refractivity contribution in [3.63, 3.8) is 0 Å². The van der Waals surface area contributed by atoms with E-state index in [2.05, 4.69) is 11.8 Å². The van der Waals surface area contributed by atoms with Crippen molar-refractivity contribution in [2.45, 2.75) is 13.3 Å². The van der Waals surface area contributed by atoms with E-state index in [0.717, 1.165) is 11.3 Å². The fourth-order valence-corrected chi connectivity index (χ4v) is 1.10. The first kappa shape index (κ1) is 12.1. The average molecular weight is 218 g/mol. The molecule has 0 heterocycles. The average Bonchev–Trinajstić information content (AvgIpc) is 2.30. The lowest BCUT2D eigenvalue weighted by Gasteiger charge is -1.97. The molecule has 0 aliphatic carbocycles. The highest BCUT2D eigenvalue weighted by Gasteiger charge is 1.96. The topological polar surface area (TPSA) is 35.5 Å². The van der Waals surface area contributed by atoms with Gasteiger partial charge in [-0.2, -0.15) is 0 Å². The van der Waals surface area contributed by atoms with Crippen LogP contribution >= 0.6 is 0 Å². The normalized spacial score (nSPS) is 8.88. The molecule has 3 heteroatoms. The Morgan fingerprint density at radius 2 is 2.00 bits per heavy atom. The van der Waals surface area contributed by atoms with Crippen molar-refractivity contribution in [1.82, 2.24) is 0 Å². The third-order valence-electron chi connectivity index (χ3n) is 1.86. The quantitative estimate of drug-likeness (QED) is 0.575. The van der Waals surface area contributed by atoms with Gasteiger partial charge in [-0.3, -0.25) is 4.79 Å². The molecule has 0 spiro atoms. The van der Waals surface area contributed by atoms with Crippen LogP contribution < -0.4 is 4.74 Å². The van der Waals surface area contributed by atoms with E-state index in [1.54, 1.807) is 14.0 Å². The Morgan fingerprint density at radius 1 is 1.31 bits per heavy atom. The molecule has 0 unspecified atom stereocenters. The Labute approximate surface area is 95.4 Å². The van der Waals surface area contributed by atoms with Gasteiger partial charge in [-0.1, -0.05) is 11.8 Å². The second-order valence-corrected chi connectivity index (χ2v) is 3.01. The van der Waals surface area contributed by atoms with E-state index in [1.807, 2.05) is 24.3 Å². The number of esters is 1. The smallest absolute Gasteiger partial charge is 0.317 e. The SMILES string of the molecule is CCOC(=O)CC#Cc1ccc(OC)cc1. The minimum atomic E-state index is -0.288. The summed E-state index contributed by atoms with van der Waals surface area (Å²) in [5.74, 6) is 6.14.